The molecular weight excluding hydrogens is 308 g/mol. The minimum Gasteiger partial charge on any atom is -0.497 e. The summed E-state index contributed by atoms with van der Waals surface area (Å²) >= 11 is 0. The Hall–Kier alpha value is -3.06. The molecule has 1 fully saturated rings. The van der Waals surface area contributed by atoms with E-state index in [1.54, 1.807) is 38.3 Å². The number of methoxy groups -OCH3 is 1. The molecule has 0 aromatic heterocycles. The van der Waals surface area contributed by atoms with Gasteiger partial charge in [-0.05, 0) is 31.0 Å². The number of rotatable bonds is 6. The Bertz CT molecular complexity index is 717. The van der Waals surface area contributed by atoms with Gasteiger partial charge in [-0.1, -0.05) is 12.1 Å². The number of urea groups is 1. The topological polar surface area (TPSA) is 106 Å². The quantitative estimate of drug-likeness (QED) is 0.804. The van der Waals surface area contributed by atoms with E-state index in [1.807, 2.05) is 12.1 Å². The predicted molar refractivity (Wildman–Crippen MR) is 84.5 cm³/mol. The van der Waals surface area contributed by atoms with E-state index in [0.29, 0.717) is 17.7 Å². The molecular formula is C17H18N4O3. The summed E-state index contributed by atoms with van der Waals surface area (Å²) in [6.07, 6.45) is 0.529. The van der Waals surface area contributed by atoms with Gasteiger partial charge in [-0.25, -0.2) is 4.79 Å². The Kier molecular flexibility index (Phi) is 5.05. The maximum Gasteiger partial charge on any atom is 0.325 e. The van der Waals surface area contributed by atoms with Crippen LogP contribution in [0.15, 0.2) is 24.3 Å². The highest BCUT2D eigenvalue weighted by molar-refractivity contribution is 6.07. The van der Waals surface area contributed by atoms with Crippen molar-refractivity contribution in [2.45, 2.75) is 25.3 Å². The molecule has 1 N–H and O–H groups in total. The lowest BCUT2D eigenvalue weighted by Crippen LogP contribution is -2.41. The minimum atomic E-state index is -1.18. The smallest absolute Gasteiger partial charge is 0.325 e. The third kappa shape index (κ3) is 3.16. The van der Waals surface area contributed by atoms with Crippen LogP contribution < -0.4 is 10.1 Å². The van der Waals surface area contributed by atoms with E-state index in [0.717, 1.165) is 4.90 Å². The third-order valence-electron chi connectivity index (χ3n) is 4.13. The van der Waals surface area contributed by atoms with Crippen LogP contribution >= 0.6 is 0 Å². The summed E-state index contributed by atoms with van der Waals surface area (Å²) in [5, 5.41) is 20.5. The number of nitrogens with zero attached hydrogens (tertiary/aromatic N) is 3. The van der Waals surface area contributed by atoms with E-state index < -0.39 is 23.4 Å². The molecule has 2 atom stereocenters. The van der Waals surface area contributed by atoms with Crippen molar-refractivity contribution in [3.63, 3.8) is 0 Å². The van der Waals surface area contributed by atoms with Crippen molar-refractivity contribution in [2.75, 3.05) is 13.7 Å². The van der Waals surface area contributed by atoms with E-state index in [9.17, 15) is 9.59 Å². The van der Waals surface area contributed by atoms with Gasteiger partial charge in [0.1, 0.15) is 11.3 Å². The fourth-order valence-electron chi connectivity index (χ4n) is 2.64. The van der Waals surface area contributed by atoms with Crippen LogP contribution in [0, 0.1) is 28.6 Å². The first-order valence-electron chi connectivity index (χ1n) is 7.51. The first-order valence-corrected chi connectivity index (χ1v) is 7.51. The number of hydrogen-bond acceptors (Lipinski definition) is 5. The summed E-state index contributed by atoms with van der Waals surface area (Å²) in [5.41, 5.74) is -0.548. The van der Waals surface area contributed by atoms with Crippen LogP contribution in [0.1, 0.15) is 25.3 Å². The van der Waals surface area contributed by atoms with Crippen molar-refractivity contribution in [1.82, 2.24) is 10.2 Å². The summed E-state index contributed by atoms with van der Waals surface area (Å²) in [6, 6.07) is 10.4. The molecule has 1 aromatic carbocycles. The Morgan fingerprint density at radius 3 is 2.50 bits per heavy atom. The van der Waals surface area contributed by atoms with Crippen molar-refractivity contribution in [2.24, 2.45) is 5.92 Å². The maximum atomic E-state index is 12.8. The van der Waals surface area contributed by atoms with Crippen LogP contribution in [0.5, 0.6) is 5.75 Å². The molecule has 1 aliphatic rings. The van der Waals surface area contributed by atoms with Crippen molar-refractivity contribution in [1.29, 1.82) is 10.5 Å². The van der Waals surface area contributed by atoms with Crippen LogP contribution in [-0.2, 0) is 10.3 Å². The number of nitrogens with one attached hydrogen (secondary N) is 1. The number of amides is 3. The Balaban J connectivity index is 2.20. The average molecular weight is 326 g/mol. The molecule has 1 aliphatic heterocycles. The second-order valence-electron chi connectivity index (χ2n) is 5.72. The Labute approximate surface area is 140 Å². The monoisotopic (exact) mass is 326 g/mol. The van der Waals surface area contributed by atoms with Crippen molar-refractivity contribution in [3.8, 4) is 17.9 Å². The van der Waals surface area contributed by atoms with E-state index in [1.165, 1.54) is 0 Å². The second-order valence-corrected chi connectivity index (χ2v) is 5.72. The molecule has 24 heavy (non-hydrogen) atoms. The fraction of sp³-hybridized carbons (Fsp3) is 0.412. The number of benzene rings is 1. The summed E-state index contributed by atoms with van der Waals surface area (Å²) in [4.78, 5) is 26.0. The predicted octanol–water partition coefficient (Wildman–Crippen LogP) is 1.91. The lowest BCUT2D eigenvalue weighted by molar-refractivity contribution is -0.131. The molecule has 1 aromatic rings. The molecule has 7 heteroatoms. The third-order valence-corrected chi connectivity index (χ3v) is 4.13. The van der Waals surface area contributed by atoms with Gasteiger partial charge in [0.2, 0.25) is 0 Å². The molecule has 0 saturated carbocycles. The van der Waals surface area contributed by atoms with Gasteiger partial charge in [0.25, 0.3) is 5.91 Å². The normalized spacial score (nSPS) is 20.9. The largest absolute Gasteiger partial charge is 0.497 e. The lowest BCUT2D eigenvalue weighted by atomic mass is 9.91. The lowest BCUT2D eigenvalue weighted by Gasteiger charge is -2.23. The molecule has 1 heterocycles. The van der Waals surface area contributed by atoms with Crippen LogP contribution in [-0.4, -0.2) is 30.5 Å². The Morgan fingerprint density at radius 2 is 1.96 bits per heavy atom. The Morgan fingerprint density at radius 1 is 1.29 bits per heavy atom. The van der Waals surface area contributed by atoms with E-state index in [-0.39, 0.29) is 13.0 Å². The number of imide groups is 1. The molecule has 1 saturated heterocycles. The molecule has 0 radical (unpaired) electrons. The van der Waals surface area contributed by atoms with Gasteiger partial charge < -0.3 is 10.1 Å². The van der Waals surface area contributed by atoms with Gasteiger partial charge in [-0.15, -0.1) is 0 Å². The van der Waals surface area contributed by atoms with Gasteiger partial charge >= 0.3 is 6.03 Å². The number of carbonyl (C=O) groups excluding carboxylic acids is 2. The summed E-state index contributed by atoms with van der Waals surface area (Å²) in [7, 11) is 1.55. The van der Waals surface area contributed by atoms with Gasteiger partial charge in [0.15, 0.2) is 0 Å². The molecule has 3 amide bonds. The first-order chi connectivity index (χ1) is 11.5. The van der Waals surface area contributed by atoms with Crippen LogP contribution in [0.25, 0.3) is 0 Å². The standard InChI is InChI=1S/C17H18N4O3/c1-17(13-5-7-14(24-2)8-6-13)15(22)21(16(23)20-17)11-12(10-19)4-3-9-18/h5-8,12H,3-4,11H2,1-2H3,(H,20,23)/t12-,17-/m1/s1. The molecule has 0 aliphatic carbocycles. The zero-order valence-corrected chi connectivity index (χ0v) is 13.6. The minimum absolute atomic E-state index is 0.0193. The average Bonchev–Trinajstić information content (AvgIpc) is 2.82. The summed E-state index contributed by atoms with van der Waals surface area (Å²) in [6.45, 7) is 1.61. The van der Waals surface area contributed by atoms with Crippen LogP contribution in [0.4, 0.5) is 4.79 Å². The van der Waals surface area contributed by atoms with E-state index in [2.05, 4.69) is 5.32 Å². The zero-order chi connectivity index (χ0) is 17.7. The molecule has 0 unspecified atom stereocenters. The van der Waals surface area contributed by atoms with E-state index in [4.69, 9.17) is 15.3 Å². The second kappa shape index (κ2) is 7.01. The maximum absolute atomic E-state index is 12.8. The van der Waals surface area contributed by atoms with Crippen molar-refractivity contribution in [3.05, 3.63) is 29.8 Å². The summed E-state index contributed by atoms with van der Waals surface area (Å²) in [5.74, 6) is -0.315. The zero-order valence-electron chi connectivity index (χ0n) is 13.6. The molecule has 124 valence electrons. The van der Waals surface area contributed by atoms with Gasteiger partial charge in [-0.2, -0.15) is 10.5 Å². The highest BCUT2D eigenvalue weighted by atomic mass is 16.5. The molecule has 2 rings (SSSR count). The number of ether oxygens (including phenoxy) is 1. The van der Waals surface area contributed by atoms with Crippen molar-refractivity contribution < 1.29 is 14.3 Å². The van der Waals surface area contributed by atoms with Crippen molar-refractivity contribution >= 4 is 11.9 Å². The molecule has 0 bridgehead atoms. The summed E-state index contributed by atoms with van der Waals surface area (Å²) < 4.78 is 5.09. The first kappa shape index (κ1) is 17.3. The van der Waals surface area contributed by atoms with Gasteiger partial charge in [-0.3, -0.25) is 9.69 Å². The van der Waals surface area contributed by atoms with E-state index >= 15 is 0 Å². The fourth-order valence-corrected chi connectivity index (χ4v) is 2.64. The highest BCUT2D eigenvalue weighted by Crippen LogP contribution is 2.30. The van der Waals surface area contributed by atoms with Gasteiger partial charge in [0, 0.05) is 13.0 Å². The van der Waals surface area contributed by atoms with Gasteiger partial charge in [0.05, 0.1) is 25.2 Å². The highest BCUT2D eigenvalue weighted by Gasteiger charge is 2.49. The van der Waals surface area contributed by atoms with Crippen LogP contribution in [0.2, 0.25) is 0 Å². The number of carbonyl (C=O) groups is 2. The number of hydrogen-bond donors (Lipinski definition) is 1. The molecule has 7 nitrogen and oxygen atoms in total. The molecule has 0 spiro atoms. The SMILES string of the molecule is COc1ccc([C@@]2(C)NC(=O)N(C[C@@H](C#N)CCC#N)C2=O)cc1. The number of nitriles is 2. The van der Waals surface area contributed by atoms with Crippen LogP contribution in [0.3, 0.4) is 0 Å².